The van der Waals surface area contributed by atoms with E-state index in [0.717, 1.165) is 18.6 Å². The summed E-state index contributed by atoms with van der Waals surface area (Å²) in [6, 6.07) is -0.0977. The molecule has 2 aliphatic heterocycles. The highest BCUT2D eigenvalue weighted by molar-refractivity contribution is 5.83. The Morgan fingerprint density at radius 2 is 1.55 bits per heavy atom. The molecule has 0 spiro atoms. The Hall–Kier alpha value is -3.47. The van der Waals surface area contributed by atoms with Gasteiger partial charge in [0.2, 0.25) is 5.95 Å². The second-order valence-corrected chi connectivity index (χ2v) is 8.86. The zero-order chi connectivity index (χ0) is 29.5. The number of ether oxygens (including phenoxy) is 3. The van der Waals surface area contributed by atoms with Crippen molar-refractivity contribution in [3.63, 3.8) is 0 Å². The first-order chi connectivity index (χ1) is 18.9. The monoisotopic (exact) mass is 582 g/mol. The molecule has 2 aromatic rings. The number of H-pyrrole nitrogens is 1. The number of aromatic nitrogens is 4. The van der Waals surface area contributed by atoms with E-state index in [2.05, 4.69) is 19.8 Å². The van der Waals surface area contributed by atoms with Crippen LogP contribution in [0, 0.1) is 0 Å². The molecule has 40 heavy (non-hydrogen) atoms. The maximum Gasteiger partial charge on any atom is 0.425 e. The number of likely N-dealkylation sites (tertiary alicyclic amines) is 1. The number of nitrogens with one attached hydrogen (secondary N) is 1. The number of amides is 1. The van der Waals surface area contributed by atoms with Gasteiger partial charge in [-0.3, -0.25) is 9.59 Å². The van der Waals surface area contributed by atoms with Crippen LogP contribution in [-0.4, -0.2) is 90.2 Å². The first kappa shape index (κ1) is 31.1. The Morgan fingerprint density at radius 3 is 2.12 bits per heavy atom. The summed E-state index contributed by atoms with van der Waals surface area (Å²) in [5, 5.41) is 5.01. The van der Waals surface area contributed by atoms with Crippen molar-refractivity contribution in [3.05, 3.63) is 40.1 Å². The zero-order valence-electron chi connectivity index (χ0n) is 21.6. The summed E-state index contributed by atoms with van der Waals surface area (Å²) in [7, 11) is 3.25. The van der Waals surface area contributed by atoms with Gasteiger partial charge in [-0.1, -0.05) is 0 Å². The first-order valence-electron chi connectivity index (χ1n) is 12.1. The van der Waals surface area contributed by atoms with E-state index in [0.29, 0.717) is 38.9 Å². The second kappa shape index (κ2) is 13.3. The van der Waals surface area contributed by atoms with Crippen molar-refractivity contribution >= 4 is 11.9 Å². The van der Waals surface area contributed by atoms with E-state index in [1.807, 2.05) is 0 Å². The lowest BCUT2D eigenvalue weighted by Gasteiger charge is -2.36. The SMILES string of the molecule is COC.O=C1C(OCCOc2cn[nH]c(=O)c2C(F)(F)F)CCN1C1CCN(c2ncc(C(F)(F)F)cn2)CC1. The highest BCUT2D eigenvalue weighted by Gasteiger charge is 2.40. The van der Waals surface area contributed by atoms with Gasteiger partial charge in [0, 0.05) is 58.7 Å². The fraction of sp³-hybridized carbons (Fsp3) is 0.609. The molecule has 4 heterocycles. The van der Waals surface area contributed by atoms with E-state index in [-0.39, 0.29) is 31.1 Å². The van der Waals surface area contributed by atoms with Crippen LogP contribution in [0.5, 0.6) is 5.75 Å². The minimum Gasteiger partial charge on any atom is -0.489 e. The van der Waals surface area contributed by atoms with Crippen molar-refractivity contribution in [2.45, 2.75) is 43.8 Å². The molecule has 1 atom stereocenters. The van der Waals surface area contributed by atoms with Gasteiger partial charge in [-0.15, -0.1) is 0 Å². The molecule has 0 bridgehead atoms. The number of piperidine rings is 1. The average molecular weight is 583 g/mol. The number of carbonyl (C=O) groups is 1. The molecule has 1 unspecified atom stereocenters. The van der Waals surface area contributed by atoms with Crippen LogP contribution in [0.1, 0.15) is 30.4 Å². The van der Waals surface area contributed by atoms with Crippen LogP contribution in [0.25, 0.3) is 0 Å². The fourth-order valence-corrected chi connectivity index (χ4v) is 4.30. The fourth-order valence-electron chi connectivity index (χ4n) is 4.30. The summed E-state index contributed by atoms with van der Waals surface area (Å²) >= 11 is 0. The molecule has 0 saturated carbocycles. The number of carbonyl (C=O) groups excluding carboxylic acids is 1. The third-order valence-electron chi connectivity index (χ3n) is 6.11. The van der Waals surface area contributed by atoms with Crippen LogP contribution in [0.3, 0.4) is 0 Å². The van der Waals surface area contributed by atoms with E-state index in [1.54, 1.807) is 29.1 Å². The summed E-state index contributed by atoms with van der Waals surface area (Å²) in [5.74, 6) is -0.800. The molecule has 222 valence electrons. The number of aromatic amines is 1. The lowest BCUT2D eigenvalue weighted by molar-refractivity contribution is -0.141. The quantitative estimate of drug-likeness (QED) is 0.388. The van der Waals surface area contributed by atoms with Crippen molar-refractivity contribution < 1.29 is 45.3 Å². The Kier molecular flexibility index (Phi) is 10.3. The van der Waals surface area contributed by atoms with Gasteiger partial charge in [0.25, 0.3) is 11.5 Å². The molecule has 17 heteroatoms. The summed E-state index contributed by atoms with van der Waals surface area (Å²) in [6.45, 7) is 0.819. The lowest BCUT2D eigenvalue weighted by atomic mass is 10.0. The van der Waals surface area contributed by atoms with Crippen molar-refractivity contribution in [1.82, 2.24) is 25.1 Å². The zero-order valence-corrected chi connectivity index (χ0v) is 21.6. The summed E-state index contributed by atoms with van der Waals surface area (Å²) in [4.78, 5) is 35.3. The second-order valence-electron chi connectivity index (χ2n) is 8.86. The minimum atomic E-state index is -4.93. The molecule has 4 rings (SSSR count). The molecule has 2 aliphatic rings. The smallest absolute Gasteiger partial charge is 0.425 e. The highest BCUT2D eigenvalue weighted by atomic mass is 19.4. The lowest BCUT2D eigenvalue weighted by Crippen LogP contribution is -2.47. The Bertz CT molecular complexity index is 1170. The molecular weight excluding hydrogens is 554 g/mol. The van der Waals surface area contributed by atoms with Crippen molar-refractivity contribution in [3.8, 4) is 5.75 Å². The Labute approximate surface area is 224 Å². The van der Waals surface area contributed by atoms with Crippen molar-refractivity contribution in [1.29, 1.82) is 0 Å². The number of alkyl halides is 6. The minimum absolute atomic E-state index is 0.0977. The number of hydrogen-bond donors (Lipinski definition) is 1. The normalized spacial score (nSPS) is 18.5. The van der Waals surface area contributed by atoms with E-state index in [1.165, 1.54) is 0 Å². The highest BCUT2D eigenvalue weighted by Crippen LogP contribution is 2.33. The largest absolute Gasteiger partial charge is 0.489 e. The van der Waals surface area contributed by atoms with Crippen LogP contribution in [0.2, 0.25) is 0 Å². The topological polar surface area (TPSA) is 123 Å². The van der Waals surface area contributed by atoms with Gasteiger partial charge in [0.05, 0.1) is 18.4 Å². The van der Waals surface area contributed by atoms with Gasteiger partial charge in [0.1, 0.15) is 12.7 Å². The molecule has 2 fully saturated rings. The molecule has 11 nitrogen and oxygen atoms in total. The maximum atomic E-state index is 13.1. The van der Waals surface area contributed by atoms with Gasteiger partial charge in [-0.2, -0.15) is 31.4 Å². The van der Waals surface area contributed by atoms with Gasteiger partial charge in [-0.05, 0) is 12.8 Å². The summed E-state index contributed by atoms with van der Waals surface area (Å²) in [6.07, 6.45) is -6.50. The van der Waals surface area contributed by atoms with Crippen molar-refractivity contribution in [2.75, 3.05) is 52.0 Å². The number of nitrogens with zero attached hydrogens (tertiary/aromatic N) is 5. The van der Waals surface area contributed by atoms with Gasteiger partial charge >= 0.3 is 12.4 Å². The van der Waals surface area contributed by atoms with Crippen LogP contribution >= 0.6 is 0 Å². The molecular formula is C23H28F6N6O5. The van der Waals surface area contributed by atoms with E-state index in [9.17, 15) is 35.9 Å². The molecule has 0 aromatic carbocycles. The van der Waals surface area contributed by atoms with Crippen LogP contribution in [-0.2, 0) is 26.6 Å². The van der Waals surface area contributed by atoms with Crippen LogP contribution in [0.15, 0.2) is 23.4 Å². The van der Waals surface area contributed by atoms with E-state index < -0.39 is 40.9 Å². The summed E-state index contributed by atoms with van der Waals surface area (Å²) in [5.41, 5.74) is -3.86. The van der Waals surface area contributed by atoms with Gasteiger partial charge < -0.3 is 24.0 Å². The molecule has 0 aliphatic carbocycles. The average Bonchev–Trinajstić information content (AvgIpc) is 3.26. The predicted molar refractivity (Wildman–Crippen MR) is 127 cm³/mol. The number of halogens is 6. The number of rotatable bonds is 7. The number of hydrogen-bond acceptors (Lipinski definition) is 9. The number of anilines is 1. The number of methoxy groups -OCH3 is 1. The molecule has 1 N–H and O–H groups in total. The third kappa shape index (κ3) is 7.80. The molecule has 2 aromatic heterocycles. The first-order valence-corrected chi connectivity index (χ1v) is 12.1. The Balaban J connectivity index is 0.00000141. The van der Waals surface area contributed by atoms with Crippen LogP contribution < -0.4 is 15.2 Å². The molecule has 1 amide bonds. The maximum absolute atomic E-state index is 13.1. The third-order valence-corrected chi connectivity index (χ3v) is 6.11. The van der Waals surface area contributed by atoms with Gasteiger partial charge in [-0.25, -0.2) is 15.1 Å². The molecule has 2 saturated heterocycles. The van der Waals surface area contributed by atoms with E-state index in [4.69, 9.17) is 9.47 Å². The molecule has 0 radical (unpaired) electrons. The van der Waals surface area contributed by atoms with Gasteiger partial charge in [0.15, 0.2) is 11.3 Å². The predicted octanol–water partition coefficient (Wildman–Crippen LogP) is 2.53. The standard InChI is InChI=1S/C21H22F6N6O4.C2H6O/c22-20(23,24)12-9-28-19(29-10-12)32-4-1-13(2-5-32)33-6-3-14(18(33)35)36-7-8-37-15-11-30-31-17(34)16(15)21(25,26)27;1-3-2/h9-11,13-14H,1-8H2,(H,31,34);1-2H3. The Morgan fingerprint density at radius 1 is 0.925 bits per heavy atom. The van der Waals surface area contributed by atoms with Crippen LogP contribution in [0.4, 0.5) is 32.3 Å². The van der Waals surface area contributed by atoms with E-state index >= 15 is 0 Å². The van der Waals surface area contributed by atoms with Crippen molar-refractivity contribution in [2.24, 2.45) is 0 Å². The summed E-state index contributed by atoms with van der Waals surface area (Å²) < 4.78 is 92.1.